The number of hydrogen-bond donors (Lipinski definition) is 0. The van der Waals surface area contributed by atoms with Gasteiger partial charge in [-0.15, -0.1) is 0 Å². The molecule has 2 nitrogen and oxygen atoms in total. The predicted molar refractivity (Wildman–Crippen MR) is 64.4 cm³/mol. The Bertz CT molecular complexity index is 191. The summed E-state index contributed by atoms with van der Waals surface area (Å²) in [6.45, 7) is 0.862. The third-order valence-electron chi connectivity index (χ3n) is 3.97. The van der Waals surface area contributed by atoms with E-state index < -0.39 is 0 Å². The van der Waals surface area contributed by atoms with Gasteiger partial charge >= 0.3 is 0 Å². The SMILES string of the molecule is O=C(CC1CCCCC1)CC1CCCCO1. The van der Waals surface area contributed by atoms with Crippen molar-refractivity contribution in [3.05, 3.63) is 0 Å². The monoisotopic (exact) mass is 224 g/mol. The molecular formula is C14H24O2. The van der Waals surface area contributed by atoms with Gasteiger partial charge in [0.2, 0.25) is 0 Å². The first kappa shape index (κ1) is 12.1. The van der Waals surface area contributed by atoms with E-state index in [9.17, 15) is 4.79 Å². The summed E-state index contributed by atoms with van der Waals surface area (Å²) >= 11 is 0. The Hall–Kier alpha value is -0.370. The predicted octanol–water partition coefficient (Wildman–Crippen LogP) is 3.49. The van der Waals surface area contributed by atoms with Crippen molar-refractivity contribution in [2.24, 2.45) is 5.92 Å². The average molecular weight is 224 g/mol. The van der Waals surface area contributed by atoms with Crippen molar-refractivity contribution >= 4 is 5.78 Å². The van der Waals surface area contributed by atoms with Crippen LogP contribution in [0.5, 0.6) is 0 Å². The summed E-state index contributed by atoms with van der Waals surface area (Å²) in [4.78, 5) is 11.9. The lowest BCUT2D eigenvalue weighted by Crippen LogP contribution is -2.23. The molecule has 0 spiro atoms. The highest BCUT2D eigenvalue weighted by atomic mass is 16.5. The molecule has 92 valence electrons. The molecule has 0 aromatic carbocycles. The van der Waals surface area contributed by atoms with E-state index in [1.807, 2.05) is 0 Å². The van der Waals surface area contributed by atoms with E-state index in [-0.39, 0.29) is 6.10 Å². The van der Waals surface area contributed by atoms with Crippen molar-refractivity contribution in [1.82, 2.24) is 0 Å². The molecule has 0 aromatic heterocycles. The maximum absolute atomic E-state index is 11.9. The topological polar surface area (TPSA) is 26.3 Å². The molecule has 1 saturated carbocycles. The summed E-state index contributed by atoms with van der Waals surface area (Å²) in [5.74, 6) is 1.13. The minimum Gasteiger partial charge on any atom is -0.378 e. The molecule has 0 radical (unpaired) electrons. The molecule has 1 aliphatic heterocycles. The second-order valence-electron chi connectivity index (χ2n) is 5.44. The molecular weight excluding hydrogens is 200 g/mol. The maximum atomic E-state index is 11.9. The van der Waals surface area contributed by atoms with Crippen LogP contribution in [-0.4, -0.2) is 18.5 Å². The summed E-state index contributed by atoms with van der Waals surface area (Å²) in [5.41, 5.74) is 0. The lowest BCUT2D eigenvalue weighted by molar-refractivity contribution is -0.123. The molecule has 1 aliphatic carbocycles. The fourth-order valence-corrected chi connectivity index (χ4v) is 3.02. The number of rotatable bonds is 4. The smallest absolute Gasteiger partial charge is 0.135 e. The standard InChI is InChI=1S/C14H24O2/c15-13(10-12-6-2-1-3-7-12)11-14-8-4-5-9-16-14/h12,14H,1-11H2. The van der Waals surface area contributed by atoms with Crippen LogP contribution in [-0.2, 0) is 9.53 Å². The van der Waals surface area contributed by atoms with Crippen LogP contribution < -0.4 is 0 Å². The van der Waals surface area contributed by atoms with Gasteiger partial charge in [-0.3, -0.25) is 4.79 Å². The van der Waals surface area contributed by atoms with Crippen LogP contribution in [0.4, 0.5) is 0 Å². The zero-order valence-electron chi connectivity index (χ0n) is 10.2. The van der Waals surface area contributed by atoms with Crippen molar-refractivity contribution < 1.29 is 9.53 Å². The molecule has 2 rings (SSSR count). The molecule has 2 aliphatic rings. The molecule has 1 atom stereocenters. The quantitative estimate of drug-likeness (QED) is 0.730. The fourth-order valence-electron chi connectivity index (χ4n) is 3.02. The average Bonchev–Trinajstić information content (AvgIpc) is 2.31. The third kappa shape index (κ3) is 3.89. The van der Waals surface area contributed by atoms with Crippen molar-refractivity contribution in [2.75, 3.05) is 6.61 Å². The third-order valence-corrected chi connectivity index (χ3v) is 3.97. The number of carbonyl (C=O) groups excluding carboxylic acids is 1. The van der Waals surface area contributed by atoms with Crippen molar-refractivity contribution in [3.8, 4) is 0 Å². The Morgan fingerprint density at radius 3 is 2.38 bits per heavy atom. The Morgan fingerprint density at radius 1 is 0.938 bits per heavy atom. The minimum absolute atomic E-state index is 0.241. The van der Waals surface area contributed by atoms with Crippen LogP contribution in [0.25, 0.3) is 0 Å². The van der Waals surface area contributed by atoms with Gasteiger partial charge in [0.15, 0.2) is 0 Å². The zero-order chi connectivity index (χ0) is 11.2. The summed E-state index contributed by atoms with van der Waals surface area (Å²) in [5, 5.41) is 0. The van der Waals surface area contributed by atoms with E-state index >= 15 is 0 Å². The van der Waals surface area contributed by atoms with Crippen molar-refractivity contribution in [3.63, 3.8) is 0 Å². The second kappa shape index (κ2) is 6.39. The number of Topliss-reactive ketones (excluding diaryl/α,β-unsaturated/α-hetero) is 1. The van der Waals surface area contributed by atoms with Crippen molar-refractivity contribution in [1.29, 1.82) is 0 Å². The van der Waals surface area contributed by atoms with Crippen LogP contribution in [0.15, 0.2) is 0 Å². The van der Waals surface area contributed by atoms with Gasteiger partial charge in [-0.05, 0) is 25.2 Å². The number of hydrogen-bond acceptors (Lipinski definition) is 2. The molecule has 1 unspecified atom stereocenters. The first-order chi connectivity index (χ1) is 7.84. The highest BCUT2D eigenvalue weighted by Gasteiger charge is 2.21. The maximum Gasteiger partial charge on any atom is 0.135 e. The van der Waals surface area contributed by atoms with Crippen LogP contribution in [0.2, 0.25) is 0 Å². The lowest BCUT2D eigenvalue weighted by Gasteiger charge is -2.24. The first-order valence-corrected chi connectivity index (χ1v) is 6.98. The Labute approximate surface area is 98.7 Å². The Balaban J connectivity index is 1.66. The molecule has 0 bridgehead atoms. The number of carbonyl (C=O) groups is 1. The second-order valence-corrected chi connectivity index (χ2v) is 5.44. The molecule has 1 saturated heterocycles. The van der Waals surface area contributed by atoms with Gasteiger partial charge in [-0.25, -0.2) is 0 Å². The summed E-state index contributed by atoms with van der Waals surface area (Å²) < 4.78 is 5.62. The number of ether oxygens (including phenoxy) is 1. The van der Waals surface area contributed by atoms with Gasteiger partial charge in [0.1, 0.15) is 5.78 Å². The van der Waals surface area contributed by atoms with E-state index in [1.54, 1.807) is 0 Å². The van der Waals surface area contributed by atoms with E-state index in [2.05, 4.69) is 0 Å². The van der Waals surface area contributed by atoms with Gasteiger partial charge in [-0.2, -0.15) is 0 Å². The molecule has 2 heteroatoms. The largest absolute Gasteiger partial charge is 0.378 e. The minimum atomic E-state index is 0.241. The fraction of sp³-hybridized carbons (Fsp3) is 0.929. The zero-order valence-corrected chi connectivity index (χ0v) is 10.2. The summed E-state index contributed by atoms with van der Waals surface area (Å²) in [7, 11) is 0. The highest BCUT2D eigenvalue weighted by molar-refractivity contribution is 5.79. The van der Waals surface area contributed by atoms with Crippen LogP contribution >= 0.6 is 0 Å². The molecule has 16 heavy (non-hydrogen) atoms. The molecule has 1 heterocycles. The number of ketones is 1. The molecule has 0 N–H and O–H groups in total. The van der Waals surface area contributed by atoms with Gasteiger partial charge in [0.05, 0.1) is 6.10 Å². The van der Waals surface area contributed by atoms with Crippen LogP contribution in [0.1, 0.15) is 64.2 Å². The highest BCUT2D eigenvalue weighted by Crippen LogP contribution is 2.27. The molecule has 0 aromatic rings. The van der Waals surface area contributed by atoms with E-state index in [0.717, 1.165) is 19.4 Å². The molecule has 2 fully saturated rings. The van der Waals surface area contributed by atoms with E-state index in [1.165, 1.54) is 44.9 Å². The van der Waals surface area contributed by atoms with E-state index in [0.29, 0.717) is 18.1 Å². The lowest BCUT2D eigenvalue weighted by atomic mass is 9.85. The van der Waals surface area contributed by atoms with E-state index in [4.69, 9.17) is 4.74 Å². The van der Waals surface area contributed by atoms with Gasteiger partial charge < -0.3 is 4.74 Å². The first-order valence-electron chi connectivity index (χ1n) is 6.98. The van der Waals surface area contributed by atoms with Gasteiger partial charge in [-0.1, -0.05) is 32.1 Å². The van der Waals surface area contributed by atoms with Gasteiger partial charge in [0.25, 0.3) is 0 Å². The van der Waals surface area contributed by atoms with Crippen LogP contribution in [0.3, 0.4) is 0 Å². The summed E-state index contributed by atoms with van der Waals surface area (Å²) in [6, 6.07) is 0. The Morgan fingerprint density at radius 2 is 1.69 bits per heavy atom. The molecule has 0 amide bonds. The Kier molecular flexibility index (Phi) is 4.83. The van der Waals surface area contributed by atoms with Crippen LogP contribution in [0, 0.1) is 5.92 Å². The normalized spacial score (nSPS) is 27.9. The van der Waals surface area contributed by atoms with Crippen molar-refractivity contribution in [2.45, 2.75) is 70.3 Å². The summed E-state index contributed by atoms with van der Waals surface area (Å²) in [6.07, 6.45) is 11.8. The van der Waals surface area contributed by atoms with Gasteiger partial charge in [0, 0.05) is 19.4 Å².